The van der Waals surface area contributed by atoms with E-state index < -0.39 is 9.73 Å². The maximum atomic E-state index is 12.9. The van der Waals surface area contributed by atoms with Crippen LogP contribution in [0.15, 0.2) is 27.0 Å². The van der Waals surface area contributed by atoms with Gasteiger partial charge in [0.05, 0.1) is 15.4 Å². The number of halogens is 2. The lowest BCUT2D eigenvalue weighted by Gasteiger charge is -2.18. The Kier molecular flexibility index (Phi) is 2.62. The van der Waals surface area contributed by atoms with Crippen LogP contribution in [0, 0.1) is 5.82 Å². The lowest BCUT2D eigenvalue weighted by atomic mass is 10.3. The molecular weight excluding hydrogens is 269 g/mol. The van der Waals surface area contributed by atoms with E-state index in [-0.39, 0.29) is 5.82 Å². The molecule has 5 heteroatoms. The third-order valence-corrected chi connectivity index (χ3v) is 5.15. The topological polar surface area (TPSA) is 29.4 Å². The van der Waals surface area contributed by atoms with Crippen LogP contribution in [0.4, 0.5) is 10.1 Å². The standard InChI is InChI=1S/C9H9BrFNOS/c10-8-3-2-7(11)6-9(8)12-14(13)4-1-5-14/h2-3,6H,1,4-5H2. The average molecular weight is 278 g/mol. The lowest BCUT2D eigenvalue weighted by Crippen LogP contribution is -2.22. The molecule has 0 saturated carbocycles. The summed E-state index contributed by atoms with van der Waals surface area (Å²) < 4.78 is 29.4. The Hall–Kier alpha value is -0.420. The van der Waals surface area contributed by atoms with Crippen molar-refractivity contribution in [3.05, 3.63) is 28.5 Å². The molecule has 0 radical (unpaired) electrons. The van der Waals surface area contributed by atoms with E-state index in [1.165, 1.54) is 12.1 Å². The Morgan fingerprint density at radius 1 is 1.43 bits per heavy atom. The second kappa shape index (κ2) is 3.62. The Morgan fingerprint density at radius 2 is 2.14 bits per heavy atom. The number of benzene rings is 1. The van der Waals surface area contributed by atoms with Crippen molar-refractivity contribution in [1.29, 1.82) is 0 Å². The molecule has 1 fully saturated rings. The molecule has 0 unspecified atom stereocenters. The third-order valence-electron chi connectivity index (χ3n) is 2.10. The van der Waals surface area contributed by atoms with Crippen LogP contribution >= 0.6 is 15.9 Å². The van der Waals surface area contributed by atoms with Gasteiger partial charge < -0.3 is 0 Å². The summed E-state index contributed by atoms with van der Waals surface area (Å²) in [5, 5.41) is 0. The summed E-state index contributed by atoms with van der Waals surface area (Å²) in [5.74, 6) is 0.917. The highest BCUT2D eigenvalue weighted by Gasteiger charge is 2.19. The molecule has 0 aromatic heterocycles. The molecule has 2 rings (SSSR count). The highest BCUT2D eigenvalue weighted by molar-refractivity contribution is 9.10. The molecule has 76 valence electrons. The van der Waals surface area contributed by atoms with Gasteiger partial charge in [-0.05, 0) is 34.5 Å². The molecular formula is C9H9BrFNOS. The zero-order valence-electron chi connectivity index (χ0n) is 7.37. The van der Waals surface area contributed by atoms with Crippen molar-refractivity contribution >= 4 is 31.3 Å². The van der Waals surface area contributed by atoms with Gasteiger partial charge in [-0.2, -0.15) is 4.36 Å². The zero-order chi connectivity index (χ0) is 10.2. The molecule has 1 aromatic rings. The van der Waals surface area contributed by atoms with Gasteiger partial charge in [0.2, 0.25) is 0 Å². The van der Waals surface area contributed by atoms with Crippen LogP contribution in [0.3, 0.4) is 0 Å². The first-order chi connectivity index (χ1) is 6.59. The number of rotatable bonds is 1. The fourth-order valence-corrected chi connectivity index (χ4v) is 3.14. The first kappa shape index (κ1) is 10.1. The fraction of sp³-hybridized carbons (Fsp3) is 0.333. The largest absolute Gasteiger partial charge is 0.249 e. The van der Waals surface area contributed by atoms with Crippen molar-refractivity contribution in [1.82, 2.24) is 0 Å². The Morgan fingerprint density at radius 3 is 2.71 bits per heavy atom. The van der Waals surface area contributed by atoms with Crippen LogP contribution in [-0.4, -0.2) is 15.7 Å². The van der Waals surface area contributed by atoms with E-state index in [0.717, 1.165) is 6.42 Å². The van der Waals surface area contributed by atoms with Crippen molar-refractivity contribution in [3.63, 3.8) is 0 Å². The molecule has 14 heavy (non-hydrogen) atoms. The van der Waals surface area contributed by atoms with Crippen LogP contribution in [-0.2, 0) is 9.73 Å². The molecule has 0 amide bonds. The van der Waals surface area contributed by atoms with Crippen molar-refractivity contribution in [3.8, 4) is 0 Å². The molecule has 0 bridgehead atoms. The fourth-order valence-electron chi connectivity index (χ4n) is 1.22. The van der Waals surface area contributed by atoms with E-state index in [1.807, 2.05) is 0 Å². The average Bonchev–Trinajstić information content (AvgIpc) is 2.09. The monoisotopic (exact) mass is 277 g/mol. The summed E-state index contributed by atoms with van der Waals surface area (Å²) in [7, 11) is -2.05. The summed E-state index contributed by atoms with van der Waals surface area (Å²) in [6, 6.07) is 4.22. The maximum absolute atomic E-state index is 12.9. The normalized spacial score (nSPS) is 18.7. The van der Waals surface area contributed by atoms with Gasteiger partial charge in [-0.15, -0.1) is 0 Å². The quantitative estimate of drug-likeness (QED) is 0.776. The number of hydrogen-bond donors (Lipinski definition) is 0. The van der Waals surface area contributed by atoms with Crippen molar-refractivity contribution in [2.24, 2.45) is 4.36 Å². The van der Waals surface area contributed by atoms with Gasteiger partial charge in [0.15, 0.2) is 0 Å². The van der Waals surface area contributed by atoms with Crippen LogP contribution in [0.2, 0.25) is 0 Å². The van der Waals surface area contributed by atoms with Crippen LogP contribution in [0.25, 0.3) is 0 Å². The third kappa shape index (κ3) is 1.98. The van der Waals surface area contributed by atoms with Crippen LogP contribution < -0.4 is 0 Å². The molecule has 0 spiro atoms. The van der Waals surface area contributed by atoms with E-state index in [4.69, 9.17) is 0 Å². The lowest BCUT2D eigenvalue weighted by molar-refractivity contribution is 0.628. The van der Waals surface area contributed by atoms with Gasteiger partial charge in [-0.25, -0.2) is 8.60 Å². The molecule has 1 aliphatic rings. The molecule has 1 aliphatic heterocycles. The maximum Gasteiger partial charge on any atom is 0.125 e. The molecule has 0 atom stereocenters. The van der Waals surface area contributed by atoms with Gasteiger partial charge in [0, 0.05) is 22.0 Å². The summed E-state index contributed by atoms with van der Waals surface area (Å²) in [6.07, 6.45) is 0.954. The van der Waals surface area contributed by atoms with E-state index >= 15 is 0 Å². The van der Waals surface area contributed by atoms with Gasteiger partial charge in [-0.3, -0.25) is 0 Å². The van der Waals surface area contributed by atoms with E-state index in [9.17, 15) is 8.60 Å². The molecule has 1 saturated heterocycles. The van der Waals surface area contributed by atoms with Crippen molar-refractivity contribution in [2.75, 3.05) is 11.5 Å². The van der Waals surface area contributed by atoms with Gasteiger partial charge >= 0.3 is 0 Å². The number of nitrogens with zero attached hydrogens (tertiary/aromatic N) is 1. The molecule has 0 aliphatic carbocycles. The van der Waals surface area contributed by atoms with E-state index in [0.29, 0.717) is 21.7 Å². The van der Waals surface area contributed by atoms with Gasteiger partial charge in [0.1, 0.15) is 5.82 Å². The van der Waals surface area contributed by atoms with Crippen LogP contribution in [0.1, 0.15) is 6.42 Å². The number of hydrogen-bond acceptors (Lipinski definition) is 2. The highest BCUT2D eigenvalue weighted by Crippen LogP contribution is 2.29. The molecule has 0 N–H and O–H groups in total. The second-order valence-corrected chi connectivity index (χ2v) is 6.62. The van der Waals surface area contributed by atoms with E-state index in [1.54, 1.807) is 6.07 Å². The summed E-state index contributed by atoms with van der Waals surface area (Å²) >= 11 is 3.25. The Labute approximate surface area is 90.8 Å². The van der Waals surface area contributed by atoms with Gasteiger partial charge in [-0.1, -0.05) is 0 Å². The van der Waals surface area contributed by atoms with Crippen molar-refractivity contribution < 1.29 is 8.60 Å². The smallest absolute Gasteiger partial charge is 0.125 e. The minimum Gasteiger partial charge on any atom is -0.249 e. The summed E-state index contributed by atoms with van der Waals surface area (Å²) in [6.45, 7) is 0. The molecule has 1 aromatic carbocycles. The minimum atomic E-state index is -2.05. The van der Waals surface area contributed by atoms with Crippen molar-refractivity contribution in [2.45, 2.75) is 6.42 Å². The predicted octanol–water partition coefficient (Wildman–Crippen LogP) is 3.09. The SMILES string of the molecule is O=S1(=Nc2cc(F)ccc2Br)CCC1. The predicted molar refractivity (Wildman–Crippen MR) is 58.7 cm³/mol. The van der Waals surface area contributed by atoms with Gasteiger partial charge in [0.25, 0.3) is 0 Å². The summed E-state index contributed by atoms with van der Waals surface area (Å²) in [4.78, 5) is 0. The first-order valence-corrected chi connectivity index (χ1v) is 6.91. The molecule has 2 nitrogen and oxygen atoms in total. The zero-order valence-corrected chi connectivity index (χ0v) is 9.78. The summed E-state index contributed by atoms with van der Waals surface area (Å²) in [5.41, 5.74) is 0.453. The van der Waals surface area contributed by atoms with Crippen LogP contribution in [0.5, 0.6) is 0 Å². The highest BCUT2D eigenvalue weighted by atomic mass is 79.9. The second-order valence-electron chi connectivity index (χ2n) is 3.22. The molecule has 1 heterocycles. The Balaban J connectivity index is 2.47. The minimum absolute atomic E-state index is 0.353. The Bertz CT molecular complexity index is 470. The first-order valence-electron chi connectivity index (χ1n) is 4.27. The van der Waals surface area contributed by atoms with E-state index in [2.05, 4.69) is 20.3 Å².